The molecule has 1 fully saturated rings. The number of carbonyl (C=O) groups is 2. The molecule has 21 heavy (non-hydrogen) atoms. The van der Waals surface area contributed by atoms with E-state index < -0.39 is 0 Å². The number of cyclic esters (lactones) is 1. The summed E-state index contributed by atoms with van der Waals surface area (Å²) in [6, 6.07) is 0. The van der Waals surface area contributed by atoms with Gasteiger partial charge >= 0.3 is 11.9 Å². The third-order valence-corrected chi connectivity index (χ3v) is 3.92. The summed E-state index contributed by atoms with van der Waals surface area (Å²) in [5.74, 6) is -0.308. The zero-order valence-corrected chi connectivity index (χ0v) is 13.4. The summed E-state index contributed by atoms with van der Waals surface area (Å²) in [5.41, 5.74) is 0. The minimum absolute atomic E-state index is 0.0193. The summed E-state index contributed by atoms with van der Waals surface area (Å²) in [6.45, 7) is 1.90. The van der Waals surface area contributed by atoms with Crippen LogP contribution in [0.1, 0.15) is 84.0 Å². The van der Waals surface area contributed by atoms with E-state index in [0.29, 0.717) is 13.0 Å². The zero-order valence-electron chi connectivity index (χ0n) is 13.4. The lowest BCUT2D eigenvalue weighted by molar-refractivity contribution is -0.149. The van der Waals surface area contributed by atoms with Crippen LogP contribution in [0.25, 0.3) is 0 Å². The van der Waals surface area contributed by atoms with E-state index in [2.05, 4.69) is 0 Å². The molecule has 0 aromatic carbocycles. The Balaban J connectivity index is 2.35. The third kappa shape index (κ3) is 10.3. The number of esters is 2. The summed E-state index contributed by atoms with van der Waals surface area (Å²) in [5, 5.41) is 0. The van der Waals surface area contributed by atoms with Gasteiger partial charge < -0.3 is 9.47 Å². The van der Waals surface area contributed by atoms with Crippen LogP contribution in [-0.4, -0.2) is 24.6 Å². The molecule has 1 unspecified atom stereocenters. The first-order chi connectivity index (χ1) is 10.2. The SMILES string of the molecule is CC(=O)OC1CCCCCCCCCCC(=O)OCCC1. The molecule has 0 aliphatic carbocycles. The van der Waals surface area contributed by atoms with Gasteiger partial charge in [0.05, 0.1) is 6.61 Å². The molecule has 1 rings (SSSR count). The molecule has 4 nitrogen and oxygen atoms in total. The molecule has 0 aromatic heterocycles. The van der Waals surface area contributed by atoms with Gasteiger partial charge in [0.15, 0.2) is 0 Å². The van der Waals surface area contributed by atoms with Gasteiger partial charge in [-0.05, 0) is 32.1 Å². The smallest absolute Gasteiger partial charge is 0.305 e. The average Bonchev–Trinajstić information content (AvgIpc) is 2.43. The summed E-state index contributed by atoms with van der Waals surface area (Å²) in [6.07, 6.45) is 12.4. The van der Waals surface area contributed by atoms with Crippen molar-refractivity contribution >= 4 is 11.9 Å². The monoisotopic (exact) mass is 298 g/mol. The summed E-state index contributed by atoms with van der Waals surface area (Å²) in [4.78, 5) is 22.6. The lowest BCUT2D eigenvalue weighted by Gasteiger charge is -2.17. The maximum atomic E-state index is 11.5. The molecular weight excluding hydrogens is 268 g/mol. The first kappa shape index (κ1) is 18.0. The van der Waals surface area contributed by atoms with Gasteiger partial charge in [0.25, 0.3) is 0 Å². The van der Waals surface area contributed by atoms with Crippen LogP contribution in [0.4, 0.5) is 0 Å². The highest BCUT2D eigenvalue weighted by Gasteiger charge is 2.12. The molecule has 0 amide bonds. The second-order valence-electron chi connectivity index (χ2n) is 5.96. The van der Waals surface area contributed by atoms with Crippen molar-refractivity contribution < 1.29 is 19.1 Å². The van der Waals surface area contributed by atoms with E-state index >= 15 is 0 Å². The Morgan fingerprint density at radius 2 is 1.52 bits per heavy atom. The Morgan fingerprint density at radius 1 is 0.952 bits per heavy atom. The van der Waals surface area contributed by atoms with E-state index in [0.717, 1.165) is 38.5 Å². The topological polar surface area (TPSA) is 52.6 Å². The van der Waals surface area contributed by atoms with Gasteiger partial charge in [-0.1, -0.05) is 38.5 Å². The predicted octanol–water partition coefficient (Wildman–Crippen LogP) is 4.16. The van der Waals surface area contributed by atoms with Gasteiger partial charge in [0.1, 0.15) is 6.10 Å². The number of hydrogen-bond acceptors (Lipinski definition) is 4. The van der Waals surface area contributed by atoms with Crippen molar-refractivity contribution in [3.63, 3.8) is 0 Å². The average molecular weight is 298 g/mol. The van der Waals surface area contributed by atoms with Crippen molar-refractivity contribution in [1.82, 2.24) is 0 Å². The van der Waals surface area contributed by atoms with E-state index in [4.69, 9.17) is 9.47 Å². The minimum atomic E-state index is -0.216. The number of ether oxygens (including phenoxy) is 2. The van der Waals surface area contributed by atoms with E-state index in [9.17, 15) is 9.59 Å². The Labute approximate surface area is 128 Å². The highest BCUT2D eigenvalue weighted by atomic mass is 16.5. The summed E-state index contributed by atoms with van der Waals surface area (Å²) in [7, 11) is 0. The van der Waals surface area contributed by atoms with Crippen LogP contribution in [0.5, 0.6) is 0 Å². The van der Waals surface area contributed by atoms with Crippen molar-refractivity contribution in [2.75, 3.05) is 6.61 Å². The van der Waals surface area contributed by atoms with Crippen molar-refractivity contribution in [3.8, 4) is 0 Å². The van der Waals surface area contributed by atoms with Crippen LogP contribution in [0, 0.1) is 0 Å². The van der Waals surface area contributed by atoms with Crippen LogP contribution in [0.2, 0.25) is 0 Å². The normalized spacial score (nSPS) is 24.0. The van der Waals surface area contributed by atoms with E-state index in [-0.39, 0.29) is 18.0 Å². The largest absolute Gasteiger partial charge is 0.466 e. The highest BCUT2D eigenvalue weighted by Crippen LogP contribution is 2.16. The molecule has 1 aliphatic heterocycles. The molecule has 1 atom stereocenters. The molecule has 4 heteroatoms. The van der Waals surface area contributed by atoms with Gasteiger partial charge in [-0.2, -0.15) is 0 Å². The van der Waals surface area contributed by atoms with E-state index in [1.54, 1.807) is 0 Å². The minimum Gasteiger partial charge on any atom is -0.466 e. The summed E-state index contributed by atoms with van der Waals surface area (Å²) < 4.78 is 10.6. The van der Waals surface area contributed by atoms with Gasteiger partial charge in [-0.3, -0.25) is 9.59 Å². The quantitative estimate of drug-likeness (QED) is 0.682. The maximum Gasteiger partial charge on any atom is 0.305 e. The molecule has 0 bridgehead atoms. The van der Waals surface area contributed by atoms with Gasteiger partial charge in [0.2, 0.25) is 0 Å². The molecule has 1 heterocycles. The fourth-order valence-corrected chi connectivity index (χ4v) is 2.77. The van der Waals surface area contributed by atoms with E-state index in [1.807, 2.05) is 0 Å². The van der Waals surface area contributed by atoms with Crippen LogP contribution in [-0.2, 0) is 19.1 Å². The molecule has 122 valence electrons. The second-order valence-corrected chi connectivity index (χ2v) is 5.96. The van der Waals surface area contributed by atoms with Crippen molar-refractivity contribution in [2.45, 2.75) is 90.1 Å². The molecular formula is C17H30O4. The van der Waals surface area contributed by atoms with Crippen LogP contribution in [0.3, 0.4) is 0 Å². The zero-order chi connectivity index (χ0) is 15.3. The molecule has 0 radical (unpaired) electrons. The number of hydrogen-bond donors (Lipinski definition) is 0. The number of carbonyl (C=O) groups excluding carboxylic acids is 2. The molecule has 0 spiro atoms. The Kier molecular flexibility index (Phi) is 9.92. The first-order valence-corrected chi connectivity index (χ1v) is 8.51. The fourth-order valence-electron chi connectivity index (χ4n) is 2.77. The van der Waals surface area contributed by atoms with Crippen LogP contribution < -0.4 is 0 Å². The summed E-state index contributed by atoms with van der Waals surface area (Å²) >= 11 is 0. The number of rotatable bonds is 1. The molecule has 1 aliphatic rings. The Hall–Kier alpha value is -1.06. The maximum absolute atomic E-state index is 11.5. The lowest BCUT2D eigenvalue weighted by Crippen LogP contribution is -2.17. The van der Waals surface area contributed by atoms with Crippen LogP contribution in [0.15, 0.2) is 0 Å². The van der Waals surface area contributed by atoms with Crippen LogP contribution >= 0.6 is 0 Å². The fraction of sp³-hybridized carbons (Fsp3) is 0.882. The van der Waals surface area contributed by atoms with E-state index in [1.165, 1.54) is 39.0 Å². The van der Waals surface area contributed by atoms with Crippen molar-refractivity contribution in [2.24, 2.45) is 0 Å². The van der Waals surface area contributed by atoms with Crippen molar-refractivity contribution in [3.05, 3.63) is 0 Å². The van der Waals surface area contributed by atoms with Gasteiger partial charge in [-0.15, -0.1) is 0 Å². The second kappa shape index (κ2) is 11.6. The first-order valence-electron chi connectivity index (χ1n) is 8.51. The van der Waals surface area contributed by atoms with Crippen molar-refractivity contribution in [1.29, 1.82) is 0 Å². The molecule has 0 saturated carbocycles. The van der Waals surface area contributed by atoms with Gasteiger partial charge in [0, 0.05) is 13.3 Å². The highest BCUT2D eigenvalue weighted by molar-refractivity contribution is 5.69. The predicted molar refractivity (Wildman–Crippen MR) is 81.9 cm³/mol. The molecule has 0 aromatic rings. The Bertz CT molecular complexity index is 301. The van der Waals surface area contributed by atoms with Gasteiger partial charge in [-0.25, -0.2) is 0 Å². The Morgan fingerprint density at radius 3 is 2.19 bits per heavy atom. The standard InChI is InChI=1S/C17H30O4/c1-15(18)21-16-11-8-6-4-2-3-5-7-9-13-17(19)20-14-10-12-16/h16H,2-14H2,1H3. The molecule has 0 N–H and O–H groups in total. The third-order valence-electron chi connectivity index (χ3n) is 3.92. The molecule has 1 saturated heterocycles. The lowest BCUT2D eigenvalue weighted by atomic mass is 10.0.